The zero-order valence-electron chi connectivity index (χ0n) is 15.5. The number of rotatable bonds is 8. The van der Waals surface area contributed by atoms with Gasteiger partial charge in [-0.05, 0) is 48.5 Å². The normalized spacial score (nSPS) is 13.0. The van der Waals surface area contributed by atoms with E-state index in [4.69, 9.17) is 14.5 Å². The molecule has 0 bridgehead atoms. The van der Waals surface area contributed by atoms with Gasteiger partial charge >= 0.3 is 7.12 Å². The molecule has 0 aliphatic carbocycles. The van der Waals surface area contributed by atoms with Crippen LogP contribution in [0.1, 0.15) is 24.8 Å². The molecule has 28 heavy (non-hydrogen) atoms. The molecule has 3 aromatic rings. The van der Waals surface area contributed by atoms with Crippen LogP contribution < -0.4 is 15.5 Å². The maximum absolute atomic E-state index is 9.87. The van der Waals surface area contributed by atoms with Crippen LogP contribution in [-0.2, 0) is 11.3 Å². The number of aliphatic hydroxyl groups excluding tert-OH is 1. The highest BCUT2D eigenvalue weighted by Gasteiger charge is 2.27. The van der Waals surface area contributed by atoms with Gasteiger partial charge in [-0.3, -0.25) is 0 Å². The van der Waals surface area contributed by atoms with E-state index in [1.54, 1.807) is 6.20 Å². The fourth-order valence-corrected chi connectivity index (χ4v) is 3.20. The van der Waals surface area contributed by atoms with E-state index >= 15 is 0 Å². The predicted octanol–water partition coefficient (Wildman–Crippen LogP) is 2.13. The number of aromatic nitrogens is 2. The van der Waals surface area contributed by atoms with Crippen LogP contribution >= 0.6 is 0 Å². The molecule has 0 saturated heterocycles. The Morgan fingerprint density at radius 1 is 1.18 bits per heavy atom. The Morgan fingerprint density at radius 2 is 2.11 bits per heavy atom. The average Bonchev–Trinajstić information content (AvgIpc) is 3.08. The molecule has 3 N–H and O–H groups in total. The van der Waals surface area contributed by atoms with Gasteiger partial charge in [0.25, 0.3) is 0 Å². The van der Waals surface area contributed by atoms with Crippen LogP contribution in [0.4, 0.5) is 11.6 Å². The number of hydrogen-bond acceptors (Lipinski definition) is 7. The van der Waals surface area contributed by atoms with E-state index in [2.05, 4.69) is 15.3 Å². The summed E-state index contributed by atoms with van der Waals surface area (Å²) in [6, 6.07) is 11.5. The lowest BCUT2D eigenvalue weighted by atomic mass is 9.79. The minimum Gasteiger partial charge on any atom is -0.491 e. The van der Waals surface area contributed by atoms with Crippen molar-refractivity contribution in [1.29, 1.82) is 0 Å². The summed E-state index contributed by atoms with van der Waals surface area (Å²) >= 11 is 0. The number of fused-ring (bicyclic) bond motifs is 2. The van der Waals surface area contributed by atoms with Crippen molar-refractivity contribution >= 4 is 35.1 Å². The highest BCUT2D eigenvalue weighted by molar-refractivity contribution is 6.61. The lowest BCUT2D eigenvalue weighted by molar-refractivity contribution is 0.267. The number of nitrogens with one attached hydrogen (secondary N) is 1. The van der Waals surface area contributed by atoms with Gasteiger partial charge in [0, 0.05) is 23.9 Å². The molecule has 0 saturated carbocycles. The highest BCUT2D eigenvalue weighted by Crippen LogP contribution is 2.25. The Balaban J connectivity index is 1.52. The number of ether oxygens (including phenoxy) is 1. The Labute approximate surface area is 163 Å². The predicted molar refractivity (Wildman–Crippen MR) is 108 cm³/mol. The van der Waals surface area contributed by atoms with Crippen LogP contribution in [0.3, 0.4) is 0 Å². The highest BCUT2D eigenvalue weighted by atomic mass is 16.5. The van der Waals surface area contributed by atoms with Crippen molar-refractivity contribution in [1.82, 2.24) is 9.97 Å². The molecule has 0 radical (unpaired) electrons. The smallest absolute Gasteiger partial charge is 0.491 e. The van der Waals surface area contributed by atoms with Crippen molar-refractivity contribution in [3.63, 3.8) is 0 Å². The van der Waals surface area contributed by atoms with Crippen molar-refractivity contribution in [3.05, 3.63) is 48.2 Å². The van der Waals surface area contributed by atoms with Gasteiger partial charge in [0.15, 0.2) is 0 Å². The van der Waals surface area contributed by atoms with E-state index < -0.39 is 7.12 Å². The Bertz CT molecular complexity index is 969. The maximum atomic E-state index is 9.87. The van der Waals surface area contributed by atoms with Crippen molar-refractivity contribution in [2.75, 3.05) is 18.5 Å². The number of nitrogens with zero attached hydrogens (tertiary/aromatic N) is 2. The summed E-state index contributed by atoms with van der Waals surface area (Å²) in [5.41, 5.74) is 3.27. The summed E-state index contributed by atoms with van der Waals surface area (Å²) in [4.78, 5) is 8.99. The quantitative estimate of drug-likeness (QED) is 0.408. The standard InChI is InChI=1S/C20H22BN3O4/c25-9-2-1-3-10-27-18-6-4-5-14-12-22-20(24-19(14)18)23-16-8-7-15-13-28-21(26)17(15)11-16/h4-8,11-12,25-26H,1-3,9-10,13H2,(H,22,23,24). The molecule has 0 amide bonds. The van der Waals surface area contributed by atoms with Crippen molar-refractivity contribution in [2.45, 2.75) is 25.9 Å². The molecule has 144 valence electrons. The molecule has 1 aromatic heterocycles. The van der Waals surface area contributed by atoms with E-state index in [0.29, 0.717) is 24.9 Å². The van der Waals surface area contributed by atoms with E-state index in [9.17, 15) is 5.02 Å². The van der Waals surface area contributed by atoms with Gasteiger partial charge in [-0.1, -0.05) is 18.2 Å². The molecule has 8 heteroatoms. The second-order valence-electron chi connectivity index (χ2n) is 6.72. The molecule has 0 spiro atoms. The number of unbranched alkanes of at least 4 members (excludes halogenated alkanes) is 2. The molecule has 1 aliphatic rings. The van der Waals surface area contributed by atoms with Crippen LogP contribution in [0.25, 0.3) is 10.9 Å². The number of aliphatic hydroxyl groups is 1. The number of anilines is 2. The third-order valence-electron chi connectivity index (χ3n) is 4.70. The monoisotopic (exact) mass is 379 g/mol. The Kier molecular flexibility index (Phi) is 5.71. The fraction of sp³-hybridized carbons (Fsp3) is 0.300. The Morgan fingerprint density at radius 3 is 3.00 bits per heavy atom. The van der Waals surface area contributed by atoms with Gasteiger partial charge in [0.2, 0.25) is 5.95 Å². The van der Waals surface area contributed by atoms with Gasteiger partial charge in [-0.25, -0.2) is 9.97 Å². The summed E-state index contributed by atoms with van der Waals surface area (Å²) in [5.74, 6) is 1.17. The molecular weight excluding hydrogens is 357 g/mol. The first-order chi connectivity index (χ1) is 13.7. The van der Waals surface area contributed by atoms with Crippen LogP contribution in [0, 0.1) is 0 Å². The second-order valence-corrected chi connectivity index (χ2v) is 6.72. The largest absolute Gasteiger partial charge is 0.491 e. The molecule has 2 heterocycles. The summed E-state index contributed by atoms with van der Waals surface area (Å²) in [6.07, 6.45) is 4.36. The molecule has 0 fully saturated rings. The van der Waals surface area contributed by atoms with Gasteiger partial charge in [-0.15, -0.1) is 0 Å². The molecule has 1 aliphatic heterocycles. The van der Waals surface area contributed by atoms with E-state index in [1.807, 2.05) is 36.4 Å². The fourth-order valence-electron chi connectivity index (χ4n) is 3.20. The first kappa shape index (κ1) is 18.7. The van der Waals surface area contributed by atoms with Crippen molar-refractivity contribution in [3.8, 4) is 5.75 Å². The topological polar surface area (TPSA) is 96.7 Å². The van der Waals surface area contributed by atoms with E-state index in [-0.39, 0.29) is 6.61 Å². The zero-order valence-corrected chi connectivity index (χ0v) is 15.5. The minimum absolute atomic E-state index is 0.211. The lowest BCUT2D eigenvalue weighted by Gasteiger charge is -2.11. The van der Waals surface area contributed by atoms with E-state index in [0.717, 1.165) is 46.9 Å². The van der Waals surface area contributed by atoms with Gasteiger partial charge < -0.3 is 24.8 Å². The van der Waals surface area contributed by atoms with Crippen molar-refractivity contribution < 1.29 is 19.5 Å². The first-order valence-corrected chi connectivity index (χ1v) is 9.43. The first-order valence-electron chi connectivity index (χ1n) is 9.43. The van der Waals surface area contributed by atoms with Crippen LogP contribution in [0.2, 0.25) is 0 Å². The lowest BCUT2D eigenvalue weighted by Crippen LogP contribution is -2.28. The Hall–Kier alpha value is -2.68. The van der Waals surface area contributed by atoms with Gasteiger partial charge in [0.05, 0.1) is 13.2 Å². The molecule has 2 aromatic carbocycles. The maximum Gasteiger partial charge on any atom is 0.491 e. The molecule has 4 rings (SSSR count). The third kappa shape index (κ3) is 4.09. The molecule has 0 atom stereocenters. The third-order valence-corrected chi connectivity index (χ3v) is 4.70. The van der Waals surface area contributed by atoms with E-state index in [1.165, 1.54) is 0 Å². The van der Waals surface area contributed by atoms with Gasteiger partial charge in [0.1, 0.15) is 11.3 Å². The summed E-state index contributed by atoms with van der Waals surface area (Å²) in [6.45, 7) is 1.21. The minimum atomic E-state index is -0.889. The van der Waals surface area contributed by atoms with Crippen LogP contribution in [-0.4, -0.2) is 40.4 Å². The zero-order chi connectivity index (χ0) is 19.3. The SMILES string of the molecule is OCCCCCOc1cccc2cnc(Nc3ccc4c(c3)B(O)OC4)nc12. The number of para-hydroxylation sites is 1. The van der Waals surface area contributed by atoms with Crippen molar-refractivity contribution in [2.24, 2.45) is 0 Å². The average molecular weight is 379 g/mol. The van der Waals surface area contributed by atoms with Crippen LogP contribution in [0.5, 0.6) is 5.75 Å². The molecular formula is C20H22BN3O4. The van der Waals surface area contributed by atoms with Crippen LogP contribution in [0.15, 0.2) is 42.6 Å². The second kappa shape index (κ2) is 8.56. The molecule has 0 unspecified atom stereocenters. The number of hydrogen-bond donors (Lipinski definition) is 3. The van der Waals surface area contributed by atoms with Gasteiger partial charge in [-0.2, -0.15) is 0 Å². The summed E-state index contributed by atoms with van der Waals surface area (Å²) in [7, 11) is -0.889. The summed E-state index contributed by atoms with van der Waals surface area (Å²) in [5, 5.41) is 22.8. The summed E-state index contributed by atoms with van der Waals surface area (Å²) < 4.78 is 11.1. The number of benzene rings is 2. The molecule has 7 nitrogen and oxygen atoms in total.